The molecule has 0 spiro atoms. The minimum Gasteiger partial charge on any atom is -0.310 e. The molecule has 0 radical (unpaired) electrons. The van der Waals surface area contributed by atoms with Crippen LogP contribution in [0.1, 0.15) is 26.7 Å². The Hall–Kier alpha value is -0.340. The fraction of sp³-hybridized carbons (Fsp3) is 0.857. The van der Waals surface area contributed by atoms with Gasteiger partial charge in [0, 0.05) is 18.6 Å². The molecule has 1 N–H and O–H groups in total. The average Bonchev–Trinajstić information content (AvgIpc) is 2.76. The summed E-state index contributed by atoms with van der Waals surface area (Å²) in [5.74, 6) is 2.63. The molecule has 0 heterocycles. The maximum Gasteiger partial charge on any atom is 0.0169 e. The number of allylic oxidation sites excluding steroid dienone is 2. The molecule has 5 unspecified atom stereocenters. The van der Waals surface area contributed by atoms with Gasteiger partial charge in [-0.2, -0.15) is 0 Å². The van der Waals surface area contributed by atoms with Crippen LogP contribution in [-0.4, -0.2) is 37.6 Å². The lowest BCUT2D eigenvalue weighted by molar-refractivity contribution is 0.273. The molecule has 2 heteroatoms. The highest BCUT2D eigenvalue weighted by atomic mass is 15.1. The van der Waals surface area contributed by atoms with Crippen molar-refractivity contribution >= 4 is 0 Å². The zero-order valence-electron chi connectivity index (χ0n) is 11.1. The monoisotopic (exact) mass is 222 g/mol. The molecular formula is C14H26N2. The van der Waals surface area contributed by atoms with Crippen LogP contribution >= 0.6 is 0 Å². The molecule has 1 saturated carbocycles. The van der Waals surface area contributed by atoms with E-state index in [0.29, 0.717) is 12.1 Å². The smallest absolute Gasteiger partial charge is 0.0169 e. The summed E-state index contributed by atoms with van der Waals surface area (Å²) in [6.45, 7) is 5.78. The summed E-state index contributed by atoms with van der Waals surface area (Å²) in [7, 11) is 4.28. The van der Waals surface area contributed by atoms with Gasteiger partial charge in [0.2, 0.25) is 0 Å². The summed E-state index contributed by atoms with van der Waals surface area (Å²) in [4.78, 5) is 2.26. The van der Waals surface area contributed by atoms with E-state index in [9.17, 15) is 0 Å². The van der Waals surface area contributed by atoms with Crippen LogP contribution in [0.4, 0.5) is 0 Å². The van der Waals surface area contributed by atoms with Crippen molar-refractivity contribution in [2.24, 2.45) is 17.8 Å². The SMILES string of the molecule is CC(CN(C)C)NC(C)C1CC2C=CC1C2. The lowest BCUT2D eigenvalue weighted by Crippen LogP contribution is -2.44. The van der Waals surface area contributed by atoms with E-state index in [1.165, 1.54) is 12.8 Å². The number of likely N-dealkylation sites (N-methyl/N-ethyl adjacent to an activating group) is 1. The van der Waals surface area contributed by atoms with Crippen molar-refractivity contribution < 1.29 is 0 Å². The molecule has 2 bridgehead atoms. The molecule has 0 aliphatic heterocycles. The first-order valence-corrected chi connectivity index (χ1v) is 6.65. The summed E-state index contributed by atoms with van der Waals surface area (Å²) < 4.78 is 0. The molecule has 92 valence electrons. The standard InChI is InChI=1S/C14H26N2/c1-10(9-16(3)4)15-11(2)14-8-12-5-6-13(14)7-12/h5-6,10-15H,7-9H2,1-4H3. The summed E-state index contributed by atoms with van der Waals surface area (Å²) in [6, 6.07) is 1.25. The largest absolute Gasteiger partial charge is 0.310 e. The van der Waals surface area contributed by atoms with Gasteiger partial charge in [-0.05, 0) is 58.5 Å². The quantitative estimate of drug-likeness (QED) is 0.717. The Morgan fingerprint density at radius 3 is 2.50 bits per heavy atom. The van der Waals surface area contributed by atoms with E-state index >= 15 is 0 Å². The van der Waals surface area contributed by atoms with Crippen molar-refractivity contribution in [2.75, 3.05) is 20.6 Å². The molecule has 16 heavy (non-hydrogen) atoms. The molecule has 5 atom stereocenters. The number of rotatable bonds is 5. The van der Waals surface area contributed by atoms with Gasteiger partial charge in [0.1, 0.15) is 0 Å². The Kier molecular flexibility index (Phi) is 3.70. The second-order valence-corrected chi connectivity index (χ2v) is 6.06. The van der Waals surface area contributed by atoms with Gasteiger partial charge >= 0.3 is 0 Å². The number of nitrogens with one attached hydrogen (secondary N) is 1. The van der Waals surface area contributed by atoms with Crippen LogP contribution in [-0.2, 0) is 0 Å². The zero-order chi connectivity index (χ0) is 11.7. The van der Waals surface area contributed by atoms with E-state index in [-0.39, 0.29) is 0 Å². The molecule has 0 aromatic heterocycles. The van der Waals surface area contributed by atoms with E-state index in [1.807, 2.05) is 0 Å². The topological polar surface area (TPSA) is 15.3 Å². The molecule has 0 saturated heterocycles. The summed E-state index contributed by atoms with van der Waals surface area (Å²) >= 11 is 0. The van der Waals surface area contributed by atoms with Crippen molar-refractivity contribution in [3.05, 3.63) is 12.2 Å². The second kappa shape index (κ2) is 4.89. The molecule has 2 nitrogen and oxygen atoms in total. The molecule has 2 aliphatic rings. The zero-order valence-corrected chi connectivity index (χ0v) is 11.1. The van der Waals surface area contributed by atoms with E-state index < -0.39 is 0 Å². The highest BCUT2D eigenvalue weighted by Gasteiger charge is 2.38. The fourth-order valence-electron chi connectivity index (χ4n) is 3.57. The molecule has 0 amide bonds. The molecule has 0 aromatic carbocycles. The Bertz CT molecular complexity index is 259. The van der Waals surface area contributed by atoms with Crippen molar-refractivity contribution in [2.45, 2.75) is 38.8 Å². The van der Waals surface area contributed by atoms with Crippen molar-refractivity contribution in [1.29, 1.82) is 0 Å². The first-order chi connectivity index (χ1) is 7.56. The van der Waals surface area contributed by atoms with E-state index in [4.69, 9.17) is 0 Å². The highest BCUT2D eigenvalue weighted by molar-refractivity contribution is 5.11. The summed E-state index contributed by atoms with van der Waals surface area (Å²) in [5.41, 5.74) is 0. The van der Waals surface area contributed by atoms with Gasteiger partial charge in [-0.25, -0.2) is 0 Å². The molecule has 2 aliphatic carbocycles. The number of hydrogen-bond acceptors (Lipinski definition) is 2. The van der Waals surface area contributed by atoms with E-state index in [2.05, 4.69) is 50.3 Å². The Balaban J connectivity index is 1.80. The normalized spacial score (nSPS) is 35.9. The summed E-state index contributed by atoms with van der Waals surface area (Å²) in [6.07, 6.45) is 7.70. The highest BCUT2D eigenvalue weighted by Crippen LogP contribution is 2.44. The van der Waals surface area contributed by atoms with Crippen LogP contribution in [0.5, 0.6) is 0 Å². The van der Waals surface area contributed by atoms with Crippen molar-refractivity contribution in [3.63, 3.8) is 0 Å². The second-order valence-electron chi connectivity index (χ2n) is 6.06. The predicted octanol–water partition coefficient (Wildman–Crippen LogP) is 2.13. The number of nitrogens with zero attached hydrogens (tertiary/aromatic N) is 1. The van der Waals surface area contributed by atoms with Gasteiger partial charge < -0.3 is 10.2 Å². The molecule has 0 aromatic rings. The first kappa shape index (κ1) is 12.1. The number of fused-ring (bicyclic) bond motifs is 2. The maximum absolute atomic E-state index is 3.76. The fourth-order valence-corrected chi connectivity index (χ4v) is 3.57. The van der Waals surface area contributed by atoms with Crippen LogP contribution in [0, 0.1) is 17.8 Å². The van der Waals surface area contributed by atoms with Crippen LogP contribution < -0.4 is 5.32 Å². The molecule has 1 fully saturated rings. The summed E-state index contributed by atoms with van der Waals surface area (Å²) in [5, 5.41) is 3.76. The molecule has 2 rings (SSSR count). The van der Waals surface area contributed by atoms with Gasteiger partial charge in [0.05, 0.1) is 0 Å². The average molecular weight is 222 g/mol. The third-order valence-corrected chi connectivity index (χ3v) is 4.16. The van der Waals surface area contributed by atoms with Crippen LogP contribution in [0.25, 0.3) is 0 Å². The van der Waals surface area contributed by atoms with Crippen LogP contribution in [0.2, 0.25) is 0 Å². The van der Waals surface area contributed by atoms with Gasteiger partial charge in [0.25, 0.3) is 0 Å². The Morgan fingerprint density at radius 1 is 1.25 bits per heavy atom. The third kappa shape index (κ3) is 2.67. The van der Waals surface area contributed by atoms with Gasteiger partial charge in [0.15, 0.2) is 0 Å². The molecular weight excluding hydrogens is 196 g/mol. The van der Waals surface area contributed by atoms with Crippen molar-refractivity contribution in [1.82, 2.24) is 10.2 Å². The van der Waals surface area contributed by atoms with Gasteiger partial charge in [-0.1, -0.05) is 12.2 Å². The Labute approximate surface area is 100 Å². The van der Waals surface area contributed by atoms with Crippen LogP contribution in [0.3, 0.4) is 0 Å². The van der Waals surface area contributed by atoms with E-state index in [0.717, 1.165) is 24.3 Å². The first-order valence-electron chi connectivity index (χ1n) is 6.65. The van der Waals surface area contributed by atoms with Gasteiger partial charge in [-0.3, -0.25) is 0 Å². The lowest BCUT2D eigenvalue weighted by atomic mass is 9.87. The van der Waals surface area contributed by atoms with Crippen LogP contribution in [0.15, 0.2) is 12.2 Å². The number of hydrogen-bond donors (Lipinski definition) is 1. The van der Waals surface area contributed by atoms with Crippen molar-refractivity contribution in [3.8, 4) is 0 Å². The van der Waals surface area contributed by atoms with Gasteiger partial charge in [-0.15, -0.1) is 0 Å². The maximum atomic E-state index is 3.76. The minimum atomic E-state index is 0.591. The Morgan fingerprint density at radius 2 is 2.00 bits per heavy atom. The predicted molar refractivity (Wildman–Crippen MR) is 69.5 cm³/mol. The van der Waals surface area contributed by atoms with E-state index in [1.54, 1.807) is 0 Å². The minimum absolute atomic E-state index is 0.591. The third-order valence-electron chi connectivity index (χ3n) is 4.16. The lowest BCUT2D eigenvalue weighted by Gasteiger charge is -2.30.